The highest BCUT2D eigenvalue weighted by molar-refractivity contribution is 8.13. The molecule has 1 aliphatic heterocycles. The molecule has 0 aromatic heterocycles. The molecule has 0 aliphatic carbocycles. The Bertz CT molecular complexity index is 436. The predicted molar refractivity (Wildman–Crippen MR) is 80.1 cm³/mol. The van der Waals surface area contributed by atoms with Crippen molar-refractivity contribution >= 4 is 28.6 Å². The third kappa shape index (κ3) is 3.64. The summed E-state index contributed by atoms with van der Waals surface area (Å²) in [6, 6.07) is 8.48. The fraction of sp³-hybridized carbons (Fsp3) is 0.400. The molecule has 2 rings (SSSR count). The second kappa shape index (κ2) is 6.64. The third-order valence-electron chi connectivity index (χ3n) is 3.06. The van der Waals surface area contributed by atoms with E-state index < -0.39 is 0 Å². The van der Waals surface area contributed by atoms with E-state index in [1.807, 2.05) is 0 Å². The molecule has 0 radical (unpaired) electrons. The van der Waals surface area contributed by atoms with Gasteiger partial charge < -0.3 is 4.90 Å². The molecule has 1 fully saturated rings. The molecule has 2 nitrogen and oxygen atoms in total. The number of para-hydroxylation sites is 1. The average molecular weight is 261 g/mol. The van der Waals surface area contributed by atoms with Crippen molar-refractivity contribution in [2.75, 3.05) is 23.7 Å². The Hall–Kier alpha value is -1.22. The molecule has 3 heteroatoms. The summed E-state index contributed by atoms with van der Waals surface area (Å²) in [5.74, 6) is 0.754. The lowest BCUT2D eigenvalue weighted by molar-refractivity contribution is -0.109. The summed E-state index contributed by atoms with van der Waals surface area (Å²) in [4.78, 5) is 13.3. The van der Waals surface area contributed by atoms with Crippen LogP contribution in [-0.4, -0.2) is 24.0 Å². The quantitative estimate of drug-likeness (QED) is 0.826. The van der Waals surface area contributed by atoms with Crippen LogP contribution in [0.4, 0.5) is 5.69 Å². The molecule has 96 valence electrons. The van der Waals surface area contributed by atoms with Crippen molar-refractivity contribution in [3.8, 4) is 0 Å². The summed E-state index contributed by atoms with van der Waals surface area (Å²) in [6.45, 7) is 3.93. The summed E-state index contributed by atoms with van der Waals surface area (Å²) >= 11 is 1.35. The first-order chi connectivity index (χ1) is 8.77. The topological polar surface area (TPSA) is 20.3 Å². The Balaban J connectivity index is 2.05. The molecule has 0 bridgehead atoms. The van der Waals surface area contributed by atoms with Crippen LogP contribution in [0.5, 0.6) is 0 Å². The molecule has 0 amide bonds. The summed E-state index contributed by atoms with van der Waals surface area (Å²) in [7, 11) is 0. The Kier molecular flexibility index (Phi) is 4.88. The molecule has 0 spiro atoms. The summed E-state index contributed by atoms with van der Waals surface area (Å²) in [5, 5.41) is 0.174. The monoisotopic (exact) mass is 261 g/mol. The molecule has 1 aliphatic rings. The zero-order chi connectivity index (χ0) is 12.8. The fourth-order valence-corrected chi connectivity index (χ4v) is 2.64. The van der Waals surface area contributed by atoms with Gasteiger partial charge in [-0.15, -0.1) is 0 Å². The van der Waals surface area contributed by atoms with Crippen molar-refractivity contribution in [2.45, 2.75) is 19.8 Å². The van der Waals surface area contributed by atoms with E-state index in [4.69, 9.17) is 0 Å². The van der Waals surface area contributed by atoms with E-state index in [0.717, 1.165) is 18.8 Å². The summed E-state index contributed by atoms with van der Waals surface area (Å²) in [6.07, 6.45) is 6.78. The zero-order valence-electron chi connectivity index (χ0n) is 10.8. The number of carbonyl (C=O) groups is 1. The number of benzene rings is 1. The predicted octanol–water partition coefficient (Wildman–Crippen LogP) is 3.58. The normalized spacial score (nSPS) is 15.5. The molecule has 1 heterocycles. The van der Waals surface area contributed by atoms with Gasteiger partial charge in [0.25, 0.3) is 0 Å². The molecule has 1 saturated heterocycles. The maximum Gasteiger partial charge on any atom is 0.186 e. The van der Waals surface area contributed by atoms with Crippen LogP contribution >= 0.6 is 11.8 Å². The number of carbonyl (C=O) groups excluding carboxylic acids is 1. The van der Waals surface area contributed by atoms with E-state index in [9.17, 15) is 4.79 Å². The number of hydrogen-bond acceptors (Lipinski definition) is 3. The summed E-state index contributed by atoms with van der Waals surface area (Å²) < 4.78 is 0. The van der Waals surface area contributed by atoms with Crippen molar-refractivity contribution in [3.05, 3.63) is 35.9 Å². The molecule has 0 unspecified atom stereocenters. The number of hydrogen-bond donors (Lipinski definition) is 0. The van der Waals surface area contributed by atoms with E-state index in [1.54, 1.807) is 6.92 Å². The maximum atomic E-state index is 10.9. The van der Waals surface area contributed by atoms with Gasteiger partial charge in [0.1, 0.15) is 0 Å². The van der Waals surface area contributed by atoms with Gasteiger partial charge in [-0.25, -0.2) is 0 Å². The minimum atomic E-state index is 0.174. The highest BCUT2D eigenvalue weighted by Crippen LogP contribution is 2.25. The number of rotatable bonds is 4. The van der Waals surface area contributed by atoms with Crippen molar-refractivity contribution in [3.63, 3.8) is 0 Å². The largest absolute Gasteiger partial charge is 0.371 e. The Labute approximate surface area is 113 Å². The van der Waals surface area contributed by atoms with Crippen LogP contribution < -0.4 is 4.90 Å². The molecule has 0 saturated carbocycles. The van der Waals surface area contributed by atoms with Gasteiger partial charge in [-0.3, -0.25) is 4.79 Å². The van der Waals surface area contributed by atoms with Crippen LogP contribution in [0, 0.1) is 0 Å². The highest BCUT2D eigenvalue weighted by atomic mass is 32.2. The van der Waals surface area contributed by atoms with Crippen LogP contribution in [0.2, 0.25) is 0 Å². The molecular formula is C15H19NOS. The smallest absolute Gasteiger partial charge is 0.186 e. The van der Waals surface area contributed by atoms with Crippen LogP contribution in [0.15, 0.2) is 30.3 Å². The molecule has 0 atom stereocenters. The first-order valence-corrected chi connectivity index (χ1v) is 7.40. The lowest BCUT2D eigenvalue weighted by Gasteiger charge is -2.19. The Morgan fingerprint density at radius 3 is 2.78 bits per heavy atom. The Morgan fingerprint density at radius 1 is 1.33 bits per heavy atom. The first kappa shape index (κ1) is 13.2. The standard InChI is InChI=1S/C15H19NOS/c1-13(17)18-12-6-8-14-7-2-3-9-15(14)16-10-4-5-11-16/h2-3,6-9H,4-5,10-12H2,1H3. The molecule has 1 aromatic carbocycles. The van der Waals surface area contributed by atoms with E-state index in [-0.39, 0.29) is 5.12 Å². The van der Waals surface area contributed by atoms with Gasteiger partial charge >= 0.3 is 0 Å². The summed E-state index contributed by atoms with van der Waals surface area (Å²) in [5.41, 5.74) is 2.57. The van der Waals surface area contributed by atoms with Crippen LogP contribution in [0.1, 0.15) is 25.3 Å². The van der Waals surface area contributed by atoms with Crippen LogP contribution in [-0.2, 0) is 4.79 Å². The van der Waals surface area contributed by atoms with E-state index >= 15 is 0 Å². The molecular weight excluding hydrogens is 242 g/mol. The van der Waals surface area contributed by atoms with Gasteiger partial charge in [0.2, 0.25) is 0 Å². The first-order valence-electron chi connectivity index (χ1n) is 6.41. The molecule has 1 aromatic rings. The lowest BCUT2D eigenvalue weighted by atomic mass is 10.1. The highest BCUT2D eigenvalue weighted by Gasteiger charge is 2.13. The van der Waals surface area contributed by atoms with Gasteiger partial charge in [0.15, 0.2) is 5.12 Å². The minimum Gasteiger partial charge on any atom is -0.371 e. The van der Waals surface area contributed by atoms with E-state index in [2.05, 4.69) is 41.3 Å². The van der Waals surface area contributed by atoms with Gasteiger partial charge in [-0.2, -0.15) is 0 Å². The zero-order valence-corrected chi connectivity index (χ0v) is 11.6. The van der Waals surface area contributed by atoms with Crippen molar-refractivity contribution in [1.29, 1.82) is 0 Å². The average Bonchev–Trinajstić information content (AvgIpc) is 2.88. The van der Waals surface area contributed by atoms with Crippen molar-refractivity contribution in [1.82, 2.24) is 0 Å². The van der Waals surface area contributed by atoms with Gasteiger partial charge in [0, 0.05) is 31.5 Å². The Morgan fingerprint density at radius 2 is 2.06 bits per heavy atom. The van der Waals surface area contributed by atoms with Crippen molar-refractivity contribution in [2.24, 2.45) is 0 Å². The molecule has 18 heavy (non-hydrogen) atoms. The van der Waals surface area contributed by atoms with Crippen LogP contribution in [0.3, 0.4) is 0 Å². The number of anilines is 1. The van der Waals surface area contributed by atoms with Gasteiger partial charge in [0.05, 0.1) is 0 Å². The minimum absolute atomic E-state index is 0.174. The number of thioether (sulfide) groups is 1. The lowest BCUT2D eigenvalue weighted by Crippen LogP contribution is -2.18. The SMILES string of the molecule is CC(=O)SCC=Cc1ccccc1N1CCCC1. The van der Waals surface area contributed by atoms with Crippen LogP contribution in [0.25, 0.3) is 6.08 Å². The second-order valence-corrected chi connectivity index (χ2v) is 5.65. The fourth-order valence-electron chi connectivity index (χ4n) is 2.22. The third-order valence-corrected chi connectivity index (χ3v) is 3.83. The number of nitrogens with zero attached hydrogens (tertiary/aromatic N) is 1. The maximum absolute atomic E-state index is 10.9. The van der Waals surface area contributed by atoms with Gasteiger partial charge in [-0.05, 0) is 24.5 Å². The van der Waals surface area contributed by atoms with E-state index in [1.165, 1.54) is 35.9 Å². The van der Waals surface area contributed by atoms with E-state index in [0.29, 0.717) is 0 Å². The van der Waals surface area contributed by atoms with Gasteiger partial charge in [-0.1, -0.05) is 42.1 Å². The second-order valence-electron chi connectivity index (χ2n) is 4.46. The molecule has 0 N–H and O–H groups in total. The van der Waals surface area contributed by atoms with Crippen molar-refractivity contribution < 1.29 is 4.79 Å².